The Morgan fingerprint density at radius 1 is 0.647 bits per heavy atom. The number of hydrogen-bond acceptors (Lipinski definition) is 0. The predicted molar refractivity (Wildman–Crippen MR) is 76.2 cm³/mol. The van der Waals surface area contributed by atoms with Crippen molar-refractivity contribution in [3.05, 3.63) is 0 Å². The lowest BCUT2D eigenvalue weighted by Crippen LogP contribution is -2.12. The van der Waals surface area contributed by atoms with Gasteiger partial charge in [0.1, 0.15) is 0 Å². The van der Waals surface area contributed by atoms with E-state index in [0.717, 1.165) is 17.8 Å². The first-order valence-corrected chi connectivity index (χ1v) is 8.34. The standard InChI is InChI=1S/C17H32/c1-15-11-13-17(14-12-15)10-6-5-9-16-7-3-2-4-8-16/h15-17H,2-14H2,1H3. The van der Waals surface area contributed by atoms with Gasteiger partial charge in [-0.3, -0.25) is 0 Å². The molecule has 0 heteroatoms. The van der Waals surface area contributed by atoms with Gasteiger partial charge < -0.3 is 0 Å². The minimum Gasteiger partial charge on any atom is -0.0625 e. The van der Waals surface area contributed by atoms with Crippen LogP contribution in [-0.2, 0) is 0 Å². The first-order valence-electron chi connectivity index (χ1n) is 8.34. The van der Waals surface area contributed by atoms with Crippen LogP contribution >= 0.6 is 0 Å². The SMILES string of the molecule is CC1CCC(CCCCC2CCCCC2)CC1. The number of unbranched alkanes of at least 4 members (excludes halogenated alkanes) is 1. The topological polar surface area (TPSA) is 0 Å². The Kier molecular flexibility index (Phi) is 5.88. The van der Waals surface area contributed by atoms with E-state index in [1.807, 2.05) is 0 Å². The number of hydrogen-bond donors (Lipinski definition) is 0. The Morgan fingerprint density at radius 3 is 1.76 bits per heavy atom. The maximum absolute atomic E-state index is 2.43. The van der Waals surface area contributed by atoms with Crippen LogP contribution < -0.4 is 0 Å². The molecular weight excluding hydrogens is 204 g/mol. The van der Waals surface area contributed by atoms with Crippen LogP contribution in [0.2, 0.25) is 0 Å². The van der Waals surface area contributed by atoms with Gasteiger partial charge in [0, 0.05) is 0 Å². The van der Waals surface area contributed by atoms with Crippen molar-refractivity contribution in [2.45, 2.75) is 90.4 Å². The average molecular weight is 236 g/mol. The maximum atomic E-state index is 2.43. The van der Waals surface area contributed by atoms with Crippen molar-refractivity contribution < 1.29 is 0 Å². The highest BCUT2D eigenvalue weighted by Gasteiger charge is 2.18. The van der Waals surface area contributed by atoms with Crippen LogP contribution in [0.3, 0.4) is 0 Å². The molecule has 0 nitrogen and oxygen atoms in total. The summed E-state index contributed by atoms with van der Waals surface area (Å²) in [5, 5.41) is 0. The molecule has 2 rings (SSSR count). The summed E-state index contributed by atoms with van der Waals surface area (Å²) in [6.07, 6.45) is 19.8. The quantitative estimate of drug-likeness (QED) is 0.517. The Labute approximate surface area is 109 Å². The molecule has 0 spiro atoms. The van der Waals surface area contributed by atoms with E-state index in [4.69, 9.17) is 0 Å². The van der Waals surface area contributed by atoms with Gasteiger partial charge in [-0.1, -0.05) is 90.4 Å². The molecule has 0 N–H and O–H groups in total. The second-order valence-electron chi connectivity index (χ2n) is 6.91. The molecule has 0 aromatic rings. The smallest absolute Gasteiger partial charge is 0.0414 e. The first kappa shape index (κ1) is 13.4. The minimum atomic E-state index is 1.02. The van der Waals surface area contributed by atoms with Gasteiger partial charge in [0.05, 0.1) is 0 Å². The summed E-state index contributed by atoms with van der Waals surface area (Å²) in [5.74, 6) is 3.22. The molecule has 2 fully saturated rings. The Balaban J connectivity index is 1.48. The molecule has 0 unspecified atom stereocenters. The van der Waals surface area contributed by atoms with Gasteiger partial charge in [0.25, 0.3) is 0 Å². The van der Waals surface area contributed by atoms with Crippen LogP contribution in [-0.4, -0.2) is 0 Å². The van der Waals surface area contributed by atoms with Crippen LogP contribution in [0.5, 0.6) is 0 Å². The third-order valence-electron chi connectivity index (χ3n) is 5.33. The summed E-state index contributed by atoms with van der Waals surface area (Å²) < 4.78 is 0. The van der Waals surface area contributed by atoms with Crippen LogP contribution in [0, 0.1) is 17.8 Å². The fraction of sp³-hybridized carbons (Fsp3) is 1.00. The molecule has 0 saturated heterocycles. The minimum absolute atomic E-state index is 1.02. The molecule has 0 heterocycles. The average Bonchev–Trinajstić information content (AvgIpc) is 2.38. The molecule has 0 aromatic carbocycles. The summed E-state index contributed by atoms with van der Waals surface area (Å²) in [6.45, 7) is 2.43. The second kappa shape index (κ2) is 7.44. The molecule has 2 aliphatic carbocycles. The normalized spacial score (nSPS) is 31.6. The number of rotatable bonds is 5. The van der Waals surface area contributed by atoms with Crippen molar-refractivity contribution in [2.24, 2.45) is 17.8 Å². The molecule has 0 aliphatic heterocycles. The zero-order valence-corrected chi connectivity index (χ0v) is 11.9. The maximum Gasteiger partial charge on any atom is -0.0414 e. The van der Waals surface area contributed by atoms with Crippen molar-refractivity contribution in [2.75, 3.05) is 0 Å². The molecular formula is C17H32. The predicted octanol–water partition coefficient (Wildman–Crippen LogP) is 5.95. The van der Waals surface area contributed by atoms with E-state index in [1.165, 1.54) is 57.8 Å². The van der Waals surface area contributed by atoms with Crippen molar-refractivity contribution >= 4 is 0 Å². The Bertz CT molecular complexity index is 182. The zero-order chi connectivity index (χ0) is 11.9. The molecule has 0 bridgehead atoms. The van der Waals surface area contributed by atoms with Crippen LogP contribution in [0.4, 0.5) is 0 Å². The molecule has 2 aliphatic rings. The summed E-state index contributed by atoms with van der Waals surface area (Å²) in [7, 11) is 0. The van der Waals surface area contributed by atoms with E-state index in [9.17, 15) is 0 Å². The molecule has 2 saturated carbocycles. The highest BCUT2D eigenvalue weighted by molar-refractivity contribution is 4.71. The van der Waals surface area contributed by atoms with Crippen molar-refractivity contribution in [3.63, 3.8) is 0 Å². The van der Waals surface area contributed by atoms with E-state index in [2.05, 4.69) is 6.92 Å². The molecule has 0 aromatic heterocycles. The molecule has 100 valence electrons. The summed E-state index contributed by atoms with van der Waals surface area (Å²) >= 11 is 0. The Morgan fingerprint density at radius 2 is 1.18 bits per heavy atom. The van der Waals surface area contributed by atoms with Gasteiger partial charge in [-0.05, 0) is 17.8 Å². The summed E-state index contributed by atoms with van der Waals surface area (Å²) in [4.78, 5) is 0. The van der Waals surface area contributed by atoms with E-state index in [0.29, 0.717) is 0 Å². The van der Waals surface area contributed by atoms with Gasteiger partial charge in [-0.2, -0.15) is 0 Å². The van der Waals surface area contributed by atoms with Crippen LogP contribution in [0.15, 0.2) is 0 Å². The third-order valence-corrected chi connectivity index (χ3v) is 5.33. The zero-order valence-electron chi connectivity index (χ0n) is 11.9. The van der Waals surface area contributed by atoms with Crippen LogP contribution in [0.1, 0.15) is 90.4 Å². The monoisotopic (exact) mass is 236 g/mol. The fourth-order valence-electron chi connectivity index (χ4n) is 3.96. The summed E-state index contributed by atoms with van der Waals surface area (Å²) in [6, 6.07) is 0. The molecule has 0 amide bonds. The molecule has 0 atom stereocenters. The Hall–Kier alpha value is 0. The molecule has 0 radical (unpaired) electrons. The van der Waals surface area contributed by atoms with Crippen molar-refractivity contribution in [1.29, 1.82) is 0 Å². The third kappa shape index (κ3) is 5.02. The lowest BCUT2D eigenvalue weighted by molar-refractivity contribution is 0.265. The van der Waals surface area contributed by atoms with Crippen molar-refractivity contribution in [3.8, 4) is 0 Å². The lowest BCUT2D eigenvalue weighted by Gasteiger charge is -2.26. The highest BCUT2D eigenvalue weighted by Crippen LogP contribution is 2.32. The van der Waals surface area contributed by atoms with Gasteiger partial charge >= 0.3 is 0 Å². The van der Waals surface area contributed by atoms with E-state index < -0.39 is 0 Å². The van der Waals surface area contributed by atoms with Gasteiger partial charge in [-0.15, -0.1) is 0 Å². The van der Waals surface area contributed by atoms with E-state index in [-0.39, 0.29) is 0 Å². The summed E-state index contributed by atoms with van der Waals surface area (Å²) in [5.41, 5.74) is 0. The van der Waals surface area contributed by atoms with Crippen LogP contribution in [0.25, 0.3) is 0 Å². The van der Waals surface area contributed by atoms with Gasteiger partial charge in [0.15, 0.2) is 0 Å². The second-order valence-corrected chi connectivity index (χ2v) is 6.91. The molecule has 17 heavy (non-hydrogen) atoms. The van der Waals surface area contributed by atoms with Gasteiger partial charge in [0.2, 0.25) is 0 Å². The first-order chi connectivity index (χ1) is 8.34. The van der Waals surface area contributed by atoms with E-state index >= 15 is 0 Å². The lowest BCUT2D eigenvalue weighted by atomic mass is 9.80. The highest BCUT2D eigenvalue weighted by atomic mass is 14.2. The van der Waals surface area contributed by atoms with Gasteiger partial charge in [-0.25, -0.2) is 0 Å². The van der Waals surface area contributed by atoms with Crippen molar-refractivity contribution in [1.82, 2.24) is 0 Å². The van der Waals surface area contributed by atoms with E-state index in [1.54, 1.807) is 25.7 Å². The fourth-order valence-corrected chi connectivity index (χ4v) is 3.96. The largest absolute Gasteiger partial charge is 0.0625 e.